The van der Waals surface area contributed by atoms with E-state index in [0.717, 1.165) is 31.4 Å². The van der Waals surface area contributed by atoms with E-state index in [4.69, 9.17) is 9.47 Å². The number of carbonyl (C=O) groups is 1. The average molecular weight is 321 g/mol. The van der Waals surface area contributed by atoms with Crippen molar-refractivity contribution < 1.29 is 19.4 Å². The van der Waals surface area contributed by atoms with Crippen molar-refractivity contribution in [3.63, 3.8) is 0 Å². The molecule has 1 saturated heterocycles. The number of aliphatic hydroxyl groups excluding tert-OH is 1. The molecule has 0 bridgehead atoms. The van der Waals surface area contributed by atoms with Crippen LogP contribution in [0, 0.1) is 5.41 Å². The van der Waals surface area contributed by atoms with E-state index >= 15 is 0 Å². The molecule has 23 heavy (non-hydrogen) atoms. The summed E-state index contributed by atoms with van der Waals surface area (Å²) in [5.41, 5.74) is 0.715. The summed E-state index contributed by atoms with van der Waals surface area (Å²) in [4.78, 5) is 14.5. The van der Waals surface area contributed by atoms with E-state index in [-0.39, 0.29) is 17.9 Å². The summed E-state index contributed by atoms with van der Waals surface area (Å²) in [6, 6.07) is 5.51. The van der Waals surface area contributed by atoms with Gasteiger partial charge in [-0.25, -0.2) is 0 Å². The predicted molar refractivity (Wildman–Crippen MR) is 88.9 cm³/mol. The number of hydrogen-bond donors (Lipinski definition) is 1. The minimum absolute atomic E-state index is 0.0828. The van der Waals surface area contributed by atoms with Crippen LogP contribution in [0.4, 0.5) is 0 Å². The minimum Gasteiger partial charge on any atom is -0.497 e. The third-order valence-corrected chi connectivity index (χ3v) is 4.94. The van der Waals surface area contributed by atoms with E-state index < -0.39 is 0 Å². The smallest absolute Gasteiger partial charge is 0.227 e. The number of rotatable bonds is 6. The summed E-state index contributed by atoms with van der Waals surface area (Å²) in [5.74, 6) is 1.46. The van der Waals surface area contributed by atoms with E-state index in [9.17, 15) is 9.90 Å². The topological polar surface area (TPSA) is 59.0 Å². The molecule has 1 aliphatic heterocycles. The highest BCUT2D eigenvalue weighted by Crippen LogP contribution is 2.33. The fourth-order valence-electron chi connectivity index (χ4n) is 3.22. The molecule has 0 unspecified atom stereocenters. The van der Waals surface area contributed by atoms with E-state index in [0.29, 0.717) is 24.5 Å². The molecule has 1 fully saturated rings. The Labute approximate surface area is 138 Å². The number of hydrogen-bond acceptors (Lipinski definition) is 4. The zero-order valence-electron chi connectivity index (χ0n) is 14.3. The second-order valence-electron chi connectivity index (χ2n) is 6.29. The molecule has 1 amide bonds. The van der Waals surface area contributed by atoms with Crippen LogP contribution in [0.3, 0.4) is 0 Å². The molecule has 2 rings (SSSR count). The van der Waals surface area contributed by atoms with Crippen molar-refractivity contribution in [1.82, 2.24) is 4.90 Å². The molecule has 0 spiro atoms. The van der Waals surface area contributed by atoms with Crippen LogP contribution in [0.15, 0.2) is 18.2 Å². The highest BCUT2D eigenvalue weighted by Gasteiger charge is 2.35. The molecule has 0 radical (unpaired) electrons. The first-order valence-electron chi connectivity index (χ1n) is 8.17. The third-order valence-electron chi connectivity index (χ3n) is 4.94. The Morgan fingerprint density at radius 3 is 2.74 bits per heavy atom. The second-order valence-corrected chi connectivity index (χ2v) is 6.29. The van der Waals surface area contributed by atoms with Gasteiger partial charge in [0.05, 0.1) is 27.2 Å². The second kappa shape index (κ2) is 7.68. The first-order valence-corrected chi connectivity index (χ1v) is 8.17. The molecule has 1 aromatic rings. The Kier molecular flexibility index (Phi) is 5.88. The summed E-state index contributed by atoms with van der Waals surface area (Å²) < 4.78 is 10.6. The maximum atomic E-state index is 12.7. The van der Waals surface area contributed by atoms with Crippen molar-refractivity contribution in [3.05, 3.63) is 23.8 Å². The molecule has 1 N–H and O–H groups in total. The van der Waals surface area contributed by atoms with Gasteiger partial charge in [-0.2, -0.15) is 0 Å². The molecule has 0 aliphatic carbocycles. The number of aliphatic hydroxyl groups is 1. The lowest BCUT2D eigenvalue weighted by Crippen LogP contribution is -2.48. The van der Waals surface area contributed by atoms with Crippen LogP contribution in [0.25, 0.3) is 0 Å². The average Bonchev–Trinajstić information content (AvgIpc) is 2.61. The molecular weight excluding hydrogens is 294 g/mol. The molecule has 1 heterocycles. The molecule has 0 saturated carbocycles. The van der Waals surface area contributed by atoms with Gasteiger partial charge in [0.2, 0.25) is 5.91 Å². The van der Waals surface area contributed by atoms with Crippen molar-refractivity contribution >= 4 is 5.91 Å². The van der Waals surface area contributed by atoms with Crippen molar-refractivity contribution in [2.45, 2.75) is 32.6 Å². The fourth-order valence-corrected chi connectivity index (χ4v) is 3.22. The van der Waals surface area contributed by atoms with Crippen LogP contribution in [-0.4, -0.2) is 49.8 Å². The number of amides is 1. The van der Waals surface area contributed by atoms with Gasteiger partial charge in [0, 0.05) is 30.1 Å². The van der Waals surface area contributed by atoms with Gasteiger partial charge in [0.25, 0.3) is 0 Å². The van der Waals surface area contributed by atoms with Gasteiger partial charge >= 0.3 is 0 Å². The van der Waals surface area contributed by atoms with Crippen LogP contribution in [-0.2, 0) is 11.2 Å². The summed E-state index contributed by atoms with van der Waals surface area (Å²) >= 11 is 0. The van der Waals surface area contributed by atoms with E-state index in [2.05, 4.69) is 6.92 Å². The maximum absolute atomic E-state index is 12.7. The Morgan fingerprint density at radius 1 is 1.35 bits per heavy atom. The Hall–Kier alpha value is -1.75. The monoisotopic (exact) mass is 321 g/mol. The number of piperidine rings is 1. The largest absolute Gasteiger partial charge is 0.497 e. The first kappa shape index (κ1) is 17.6. The van der Waals surface area contributed by atoms with Gasteiger partial charge in [0.15, 0.2) is 0 Å². The van der Waals surface area contributed by atoms with Gasteiger partial charge in [0.1, 0.15) is 11.5 Å². The number of benzene rings is 1. The van der Waals surface area contributed by atoms with Crippen LogP contribution in [0.5, 0.6) is 11.5 Å². The normalized spacial score (nSPS) is 21.1. The van der Waals surface area contributed by atoms with Crippen molar-refractivity contribution in [2.75, 3.05) is 33.9 Å². The first-order chi connectivity index (χ1) is 11.1. The summed E-state index contributed by atoms with van der Waals surface area (Å²) in [6.45, 7) is 3.62. The highest BCUT2D eigenvalue weighted by molar-refractivity contribution is 5.79. The predicted octanol–water partition coefficient (Wildman–Crippen LogP) is 2.26. The number of ether oxygens (including phenoxy) is 2. The van der Waals surface area contributed by atoms with E-state index in [1.165, 1.54) is 0 Å². The Morgan fingerprint density at radius 2 is 2.13 bits per heavy atom. The lowest BCUT2D eigenvalue weighted by atomic mass is 9.78. The van der Waals surface area contributed by atoms with Crippen molar-refractivity contribution in [3.8, 4) is 11.5 Å². The zero-order valence-corrected chi connectivity index (χ0v) is 14.3. The lowest BCUT2D eigenvalue weighted by Gasteiger charge is -2.41. The van der Waals surface area contributed by atoms with Crippen molar-refractivity contribution in [1.29, 1.82) is 0 Å². The summed E-state index contributed by atoms with van der Waals surface area (Å²) in [5, 5.41) is 9.70. The van der Waals surface area contributed by atoms with Gasteiger partial charge in [-0.05, 0) is 25.3 Å². The summed E-state index contributed by atoms with van der Waals surface area (Å²) in [6.07, 6.45) is 3.12. The summed E-state index contributed by atoms with van der Waals surface area (Å²) in [7, 11) is 3.20. The van der Waals surface area contributed by atoms with Gasteiger partial charge in [-0.15, -0.1) is 0 Å². The number of carbonyl (C=O) groups excluding carboxylic acids is 1. The number of nitrogens with zero attached hydrogens (tertiary/aromatic N) is 1. The fraction of sp³-hybridized carbons (Fsp3) is 0.611. The standard InChI is InChI=1S/C18H27NO4/c1-4-18(13-20)8-5-9-19(12-18)17(21)10-14-6-7-15(22-2)11-16(14)23-3/h6-7,11,20H,4-5,8-10,12-13H2,1-3H3/t18-/m1/s1. The Balaban J connectivity index is 2.10. The molecular formula is C18H27NO4. The molecule has 5 heteroatoms. The molecule has 1 atom stereocenters. The molecule has 128 valence electrons. The highest BCUT2D eigenvalue weighted by atomic mass is 16.5. The number of likely N-dealkylation sites (tertiary alicyclic amines) is 1. The molecule has 5 nitrogen and oxygen atoms in total. The molecule has 1 aromatic carbocycles. The van der Waals surface area contributed by atoms with Crippen molar-refractivity contribution in [2.24, 2.45) is 5.41 Å². The zero-order chi connectivity index (χ0) is 16.9. The van der Waals surface area contributed by atoms with Crippen LogP contribution >= 0.6 is 0 Å². The minimum atomic E-state index is -0.141. The Bertz CT molecular complexity index is 540. The molecule has 1 aliphatic rings. The van der Waals surface area contributed by atoms with Gasteiger partial charge < -0.3 is 19.5 Å². The maximum Gasteiger partial charge on any atom is 0.227 e. The van der Waals surface area contributed by atoms with Gasteiger partial charge in [-0.3, -0.25) is 4.79 Å². The van der Waals surface area contributed by atoms with E-state index in [1.54, 1.807) is 20.3 Å². The van der Waals surface area contributed by atoms with Crippen LogP contribution in [0.1, 0.15) is 31.7 Å². The lowest BCUT2D eigenvalue weighted by molar-refractivity contribution is -0.134. The van der Waals surface area contributed by atoms with Gasteiger partial charge in [-0.1, -0.05) is 13.0 Å². The molecule has 0 aromatic heterocycles. The van der Waals surface area contributed by atoms with E-state index in [1.807, 2.05) is 17.0 Å². The third kappa shape index (κ3) is 3.96. The quantitative estimate of drug-likeness (QED) is 0.873. The van der Waals surface area contributed by atoms with Crippen LogP contribution in [0.2, 0.25) is 0 Å². The number of methoxy groups -OCH3 is 2. The SMILES string of the molecule is CC[C@@]1(CO)CCCN(C(=O)Cc2ccc(OC)cc2OC)C1. The van der Waals surface area contributed by atoms with Crippen LogP contribution < -0.4 is 9.47 Å².